The van der Waals surface area contributed by atoms with Crippen molar-refractivity contribution in [3.63, 3.8) is 0 Å². The SMILES string of the molecule is C[C@@H]1CN(c2nccc3[nH]c([C@H]4CC[C@H](NS(=O)(=O)C(C)(C)C)CC4)cc23)C[C@H](C)O1. The van der Waals surface area contributed by atoms with E-state index in [4.69, 9.17) is 9.72 Å². The number of aromatic amines is 1. The summed E-state index contributed by atoms with van der Waals surface area (Å²) in [7, 11) is -3.31. The van der Waals surface area contributed by atoms with Crippen LogP contribution < -0.4 is 9.62 Å². The van der Waals surface area contributed by atoms with Crippen molar-refractivity contribution in [2.45, 2.75) is 89.2 Å². The second kappa shape index (κ2) is 8.37. The zero-order valence-electron chi connectivity index (χ0n) is 19.3. The molecule has 31 heavy (non-hydrogen) atoms. The summed E-state index contributed by atoms with van der Waals surface area (Å²) < 4.78 is 33.0. The quantitative estimate of drug-likeness (QED) is 0.740. The van der Waals surface area contributed by atoms with E-state index in [1.54, 1.807) is 20.8 Å². The molecule has 1 saturated carbocycles. The molecule has 0 radical (unpaired) electrons. The van der Waals surface area contributed by atoms with Gasteiger partial charge in [0.25, 0.3) is 0 Å². The highest BCUT2D eigenvalue weighted by Gasteiger charge is 2.33. The molecule has 2 N–H and O–H groups in total. The number of aromatic nitrogens is 2. The van der Waals surface area contributed by atoms with E-state index >= 15 is 0 Å². The Labute approximate surface area is 186 Å². The average Bonchev–Trinajstić information content (AvgIpc) is 3.11. The molecule has 0 aromatic carbocycles. The summed E-state index contributed by atoms with van der Waals surface area (Å²) in [4.78, 5) is 10.7. The van der Waals surface area contributed by atoms with Crippen LogP contribution in [0.25, 0.3) is 10.9 Å². The maximum atomic E-state index is 12.5. The van der Waals surface area contributed by atoms with Gasteiger partial charge in [0.05, 0.1) is 22.5 Å². The Balaban J connectivity index is 1.48. The predicted molar refractivity (Wildman–Crippen MR) is 125 cm³/mol. The lowest BCUT2D eigenvalue weighted by molar-refractivity contribution is -0.00536. The highest BCUT2D eigenvalue weighted by atomic mass is 32.2. The van der Waals surface area contributed by atoms with E-state index in [9.17, 15) is 8.42 Å². The summed E-state index contributed by atoms with van der Waals surface area (Å²) in [6.45, 7) is 11.1. The minimum absolute atomic E-state index is 0.0263. The zero-order chi connectivity index (χ0) is 22.4. The van der Waals surface area contributed by atoms with Gasteiger partial charge >= 0.3 is 0 Å². The number of H-pyrrole nitrogens is 1. The minimum atomic E-state index is -3.31. The zero-order valence-corrected chi connectivity index (χ0v) is 20.1. The molecule has 2 aromatic heterocycles. The van der Waals surface area contributed by atoms with Crippen LogP contribution in [0.1, 0.15) is 71.9 Å². The molecule has 1 saturated heterocycles. The van der Waals surface area contributed by atoms with Gasteiger partial charge in [0.15, 0.2) is 0 Å². The number of morpholine rings is 1. The van der Waals surface area contributed by atoms with Crippen molar-refractivity contribution in [2.75, 3.05) is 18.0 Å². The van der Waals surface area contributed by atoms with Crippen molar-refractivity contribution in [1.82, 2.24) is 14.7 Å². The van der Waals surface area contributed by atoms with E-state index in [1.807, 2.05) is 12.3 Å². The van der Waals surface area contributed by atoms with Crippen molar-refractivity contribution in [3.8, 4) is 0 Å². The van der Waals surface area contributed by atoms with Crippen molar-refractivity contribution in [1.29, 1.82) is 0 Å². The van der Waals surface area contributed by atoms with Gasteiger partial charge in [-0.15, -0.1) is 0 Å². The Hall–Kier alpha value is -1.64. The van der Waals surface area contributed by atoms with Crippen LogP contribution in [0.2, 0.25) is 0 Å². The molecule has 0 unspecified atom stereocenters. The number of ether oxygens (including phenoxy) is 1. The fourth-order valence-corrected chi connectivity index (χ4v) is 5.83. The molecule has 1 aliphatic carbocycles. The lowest BCUT2D eigenvalue weighted by Crippen LogP contribution is -2.45. The first-order valence-corrected chi connectivity index (χ1v) is 12.9. The number of rotatable bonds is 4. The fourth-order valence-electron chi connectivity index (χ4n) is 4.80. The Morgan fingerprint density at radius 2 is 1.77 bits per heavy atom. The normalized spacial score (nSPS) is 28.2. The number of sulfonamides is 1. The maximum absolute atomic E-state index is 12.5. The molecular weight excluding hydrogens is 412 g/mol. The lowest BCUT2D eigenvalue weighted by Gasteiger charge is -2.36. The number of anilines is 1. The van der Waals surface area contributed by atoms with E-state index in [1.165, 1.54) is 5.69 Å². The molecule has 2 aromatic rings. The second-order valence-corrected chi connectivity index (χ2v) is 12.7. The molecule has 4 rings (SSSR count). The number of nitrogens with zero attached hydrogens (tertiary/aromatic N) is 2. The van der Waals surface area contributed by atoms with Crippen LogP contribution in [-0.4, -0.2) is 54.5 Å². The highest BCUT2D eigenvalue weighted by molar-refractivity contribution is 7.90. The molecule has 172 valence electrons. The maximum Gasteiger partial charge on any atom is 0.216 e. The summed E-state index contributed by atoms with van der Waals surface area (Å²) in [6, 6.07) is 4.32. The lowest BCUT2D eigenvalue weighted by atomic mass is 9.84. The Morgan fingerprint density at radius 1 is 1.13 bits per heavy atom. The largest absolute Gasteiger partial charge is 0.372 e. The monoisotopic (exact) mass is 448 g/mol. The van der Waals surface area contributed by atoms with Crippen LogP contribution in [0.3, 0.4) is 0 Å². The van der Waals surface area contributed by atoms with Gasteiger partial charge in [0.1, 0.15) is 5.82 Å². The number of hydrogen-bond acceptors (Lipinski definition) is 5. The van der Waals surface area contributed by atoms with Gasteiger partial charge in [-0.25, -0.2) is 18.1 Å². The van der Waals surface area contributed by atoms with E-state index in [0.717, 1.165) is 55.5 Å². The van der Waals surface area contributed by atoms with Crippen LogP contribution in [-0.2, 0) is 14.8 Å². The number of pyridine rings is 1. The van der Waals surface area contributed by atoms with Crippen LogP contribution in [0, 0.1) is 0 Å². The first-order valence-electron chi connectivity index (χ1n) is 11.4. The van der Waals surface area contributed by atoms with Crippen LogP contribution >= 0.6 is 0 Å². The third-order valence-electron chi connectivity index (χ3n) is 6.56. The van der Waals surface area contributed by atoms with Gasteiger partial charge in [0, 0.05) is 36.4 Å². The van der Waals surface area contributed by atoms with Gasteiger partial charge in [-0.05, 0) is 78.4 Å². The average molecular weight is 449 g/mol. The minimum Gasteiger partial charge on any atom is -0.372 e. The molecule has 0 amide bonds. The van der Waals surface area contributed by atoms with Gasteiger partial charge in [-0.1, -0.05) is 0 Å². The van der Waals surface area contributed by atoms with Crippen LogP contribution in [0.15, 0.2) is 18.3 Å². The molecule has 3 heterocycles. The molecule has 2 fully saturated rings. The molecule has 2 atom stereocenters. The van der Waals surface area contributed by atoms with Crippen LogP contribution in [0.4, 0.5) is 5.82 Å². The van der Waals surface area contributed by atoms with Gasteiger partial charge in [-0.3, -0.25) is 0 Å². The van der Waals surface area contributed by atoms with Crippen molar-refractivity contribution in [3.05, 3.63) is 24.0 Å². The number of hydrogen-bond donors (Lipinski definition) is 2. The molecule has 1 aliphatic heterocycles. The van der Waals surface area contributed by atoms with E-state index in [-0.39, 0.29) is 18.2 Å². The summed E-state index contributed by atoms with van der Waals surface area (Å²) >= 11 is 0. The molecule has 8 heteroatoms. The number of nitrogens with one attached hydrogen (secondary N) is 2. The first-order chi connectivity index (χ1) is 14.5. The summed E-state index contributed by atoms with van der Waals surface area (Å²) in [5.41, 5.74) is 2.35. The van der Waals surface area contributed by atoms with Crippen molar-refractivity contribution in [2.24, 2.45) is 0 Å². The van der Waals surface area contributed by atoms with E-state index in [0.29, 0.717) is 5.92 Å². The van der Waals surface area contributed by atoms with Gasteiger partial charge in [-0.2, -0.15) is 0 Å². The smallest absolute Gasteiger partial charge is 0.216 e. The van der Waals surface area contributed by atoms with Gasteiger partial charge in [0.2, 0.25) is 10.0 Å². The first kappa shape index (κ1) is 22.6. The number of fused-ring (bicyclic) bond motifs is 1. The third-order valence-corrected chi connectivity index (χ3v) is 8.82. The summed E-state index contributed by atoms with van der Waals surface area (Å²) in [6.07, 6.45) is 5.91. The molecule has 7 nitrogen and oxygen atoms in total. The van der Waals surface area contributed by atoms with Gasteiger partial charge < -0.3 is 14.6 Å². The summed E-state index contributed by atoms with van der Waals surface area (Å²) in [5, 5.41) is 1.16. The summed E-state index contributed by atoms with van der Waals surface area (Å²) in [5.74, 6) is 1.44. The second-order valence-electron chi connectivity index (χ2n) is 10.3. The third kappa shape index (κ3) is 4.76. The molecule has 0 bridgehead atoms. The topological polar surface area (TPSA) is 87.3 Å². The van der Waals surface area contributed by atoms with E-state index in [2.05, 4.69) is 34.5 Å². The Morgan fingerprint density at radius 3 is 2.39 bits per heavy atom. The molecule has 0 spiro atoms. The van der Waals surface area contributed by atoms with Crippen LogP contribution in [0.5, 0.6) is 0 Å². The molecular formula is C23H36N4O3S. The standard InChI is InChI=1S/C23H36N4O3S/c1-15-13-27(14-16(2)30-15)22-19-12-21(25-20(19)10-11-24-22)17-6-8-18(9-7-17)26-31(28,29)23(3,4)5/h10-12,15-18,25-26H,6-9,13-14H2,1-5H3/t15-,16+,17-,18-. The Kier molecular flexibility index (Phi) is 6.09. The fraction of sp³-hybridized carbons (Fsp3) is 0.696. The van der Waals surface area contributed by atoms with E-state index < -0.39 is 14.8 Å². The molecule has 2 aliphatic rings. The predicted octanol–water partition coefficient (Wildman–Crippen LogP) is 3.92. The van der Waals surface area contributed by atoms with Crippen molar-refractivity contribution >= 4 is 26.7 Å². The highest BCUT2D eigenvalue weighted by Crippen LogP contribution is 2.36. The van der Waals surface area contributed by atoms with Crippen molar-refractivity contribution < 1.29 is 13.2 Å². The Bertz CT molecular complexity index is 1010.